The molecule has 1 aliphatic rings. The van der Waals surface area contributed by atoms with Gasteiger partial charge in [0, 0.05) is 38.1 Å². The lowest BCUT2D eigenvalue weighted by atomic mass is 10.1. The number of hydrogen-bond donors (Lipinski definition) is 2. The SMILES string of the molecule is CN=C(NCCCC(=O)N1Cc2ccccc2C1)NC(C)c1cccc(Cl)c1. The molecule has 1 unspecified atom stereocenters. The van der Waals surface area contributed by atoms with Gasteiger partial charge in [0.05, 0.1) is 6.04 Å². The third-order valence-corrected chi connectivity index (χ3v) is 5.21. The van der Waals surface area contributed by atoms with Crippen molar-refractivity contribution in [1.82, 2.24) is 15.5 Å². The van der Waals surface area contributed by atoms with E-state index in [1.165, 1.54) is 11.1 Å². The fourth-order valence-corrected chi connectivity index (χ4v) is 3.57. The molecule has 2 N–H and O–H groups in total. The lowest BCUT2D eigenvalue weighted by Gasteiger charge is -2.19. The number of amides is 1. The topological polar surface area (TPSA) is 56.7 Å². The Kier molecular flexibility index (Phi) is 6.93. The first-order chi connectivity index (χ1) is 13.6. The van der Waals surface area contributed by atoms with Crippen molar-refractivity contribution in [3.8, 4) is 0 Å². The average molecular weight is 399 g/mol. The zero-order valence-electron chi connectivity index (χ0n) is 16.4. The van der Waals surface area contributed by atoms with Crippen molar-refractivity contribution in [2.75, 3.05) is 13.6 Å². The highest BCUT2D eigenvalue weighted by atomic mass is 35.5. The Morgan fingerprint density at radius 1 is 1.18 bits per heavy atom. The molecule has 2 aromatic carbocycles. The summed E-state index contributed by atoms with van der Waals surface area (Å²) in [5.74, 6) is 0.918. The predicted octanol–water partition coefficient (Wildman–Crippen LogP) is 3.89. The van der Waals surface area contributed by atoms with Crippen LogP contribution in [0, 0.1) is 0 Å². The van der Waals surface area contributed by atoms with Crippen molar-refractivity contribution in [3.05, 3.63) is 70.2 Å². The summed E-state index contributed by atoms with van der Waals surface area (Å²) in [6, 6.07) is 16.1. The van der Waals surface area contributed by atoms with Gasteiger partial charge in [0.15, 0.2) is 5.96 Å². The number of hydrogen-bond acceptors (Lipinski definition) is 2. The maximum absolute atomic E-state index is 12.5. The first-order valence-electron chi connectivity index (χ1n) is 9.64. The van der Waals surface area contributed by atoms with Crippen LogP contribution < -0.4 is 10.6 Å². The number of carbonyl (C=O) groups excluding carboxylic acids is 1. The van der Waals surface area contributed by atoms with E-state index in [0.717, 1.165) is 30.1 Å². The molecule has 0 fully saturated rings. The summed E-state index contributed by atoms with van der Waals surface area (Å²) in [5.41, 5.74) is 3.61. The fourth-order valence-electron chi connectivity index (χ4n) is 3.37. The third kappa shape index (κ3) is 5.26. The molecule has 5 nitrogen and oxygen atoms in total. The van der Waals surface area contributed by atoms with Gasteiger partial charge in [-0.25, -0.2) is 0 Å². The Hall–Kier alpha value is -2.53. The molecule has 3 rings (SSSR count). The van der Waals surface area contributed by atoms with E-state index >= 15 is 0 Å². The smallest absolute Gasteiger partial charge is 0.223 e. The van der Waals surface area contributed by atoms with Gasteiger partial charge in [-0.3, -0.25) is 9.79 Å². The second-order valence-electron chi connectivity index (χ2n) is 7.04. The summed E-state index contributed by atoms with van der Waals surface area (Å²) in [6.45, 7) is 4.20. The number of guanidine groups is 1. The van der Waals surface area contributed by atoms with Crippen LogP contribution in [0.3, 0.4) is 0 Å². The third-order valence-electron chi connectivity index (χ3n) is 4.98. The second kappa shape index (κ2) is 9.60. The van der Waals surface area contributed by atoms with Gasteiger partial charge >= 0.3 is 0 Å². The number of benzene rings is 2. The van der Waals surface area contributed by atoms with E-state index in [1.807, 2.05) is 41.3 Å². The zero-order valence-corrected chi connectivity index (χ0v) is 17.2. The van der Waals surface area contributed by atoms with Gasteiger partial charge in [0.25, 0.3) is 0 Å². The number of halogens is 1. The van der Waals surface area contributed by atoms with Crippen molar-refractivity contribution in [1.29, 1.82) is 0 Å². The van der Waals surface area contributed by atoms with Gasteiger partial charge < -0.3 is 15.5 Å². The van der Waals surface area contributed by atoms with Crippen molar-refractivity contribution < 1.29 is 4.79 Å². The zero-order chi connectivity index (χ0) is 19.9. The summed E-state index contributed by atoms with van der Waals surface area (Å²) >= 11 is 6.07. The number of fused-ring (bicyclic) bond motifs is 1. The van der Waals surface area contributed by atoms with E-state index in [4.69, 9.17) is 11.6 Å². The van der Waals surface area contributed by atoms with Crippen molar-refractivity contribution in [3.63, 3.8) is 0 Å². The van der Waals surface area contributed by atoms with E-state index in [-0.39, 0.29) is 11.9 Å². The Bertz CT molecular complexity index is 827. The van der Waals surface area contributed by atoms with E-state index in [0.29, 0.717) is 18.9 Å². The van der Waals surface area contributed by atoms with Crippen molar-refractivity contribution in [2.24, 2.45) is 4.99 Å². The molecule has 148 valence electrons. The van der Waals surface area contributed by atoms with Gasteiger partial charge in [-0.05, 0) is 42.2 Å². The minimum absolute atomic E-state index is 0.0784. The van der Waals surface area contributed by atoms with Crippen LogP contribution in [-0.2, 0) is 17.9 Å². The quantitative estimate of drug-likeness (QED) is 0.441. The maximum Gasteiger partial charge on any atom is 0.223 e. The van der Waals surface area contributed by atoms with Crippen LogP contribution in [0.15, 0.2) is 53.5 Å². The molecule has 28 heavy (non-hydrogen) atoms. The minimum Gasteiger partial charge on any atom is -0.356 e. The highest BCUT2D eigenvalue weighted by Crippen LogP contribution is 2.23. The van der Waals surface area contributed by atoms with Gasteiger partial charge in [0.2, 0.25) is 5.91 Å². The molecule has 0 bridgehead atoms. The van der Waals surface area contributed by atoms with Crippen LogP contribution in [0.25, 0.3) is 0 Å². The van der Waals surface area contributed by atoms with Crippen LogP contribution in [-0.4, -0.2) is 30.4 Å². The lowest BCUT2D eigenvalue weighted by molar-refractivity contribution is -0.131. The molecule has 0 spiro atoms. The predicted molar refractivity (Wildman–Crippen MR) is 114 cm³/mol. The van der Waals surface area contributed by atoms with Crippen LogP contribution in [0.4, 0.5) is 0 Å². The number of nitrogens with zero attached hydrogens (tertiary/aromatic N) is 2. The maximum atomic E-state index is 12.5. The van der Waals surface area contributed by atoms with Crippen LogP contribution in [0.1, 0.15) is 42.5 Å². The van der Waals surface area contributed by atoms with Crippen LogP contribution >= 0.6 is 11.6 Å². The Balaban J connectivity index is 1.40. The summed E-state index contributed by atoms with van der Waals surface area (Å²) in [4.78, 5) is 18.7. The van der Waals surface area contributed by atoms with E-state index in [1.54, 1.807) is 7.05 Å². The van der Waals surface area contributed by atoms with Gasteiger partial charge in [0.1, 0.15) is 0 Å². The summed E-state index contributed by atoms with van der Waals surface area (Å²) < 4.78 is 0. The fraction of sp³-hybridized carbons (Fsp3) is 0.364. The van der Waals surface area contributed by atoms with E-state index in [2.05, 4.69) is 34.7 Å². The first kappa shape index (κ1) is 20.2. The van der Waals surface area contributed by atoms with Gasteiger partial charge in [-0.15, -0.1) is 0 Å². The monoisotopic (exact) mass is 398 g/mol. The molecule has 1 amide bonds. The van der Waals surface area contributed by atoms with Crippen LogP contribution in [0.5, 0.6) is 0 Å². The minimum atomic E-state index is 0.0784. The van der Waals surface area contributed by atoms with E-state index < -0.39 is 0 Å². The molecule has 1 aliphatic heterocycles. The molecule has 0 aliphatic carbocycles. The standard InChI is InChI=1S/C22H27ClN4O/c1-16(17-9-5-10-20(23)13-17)26-22(24-2)25-12-6-11-21(28)27-14-18-7-3-4-8-19(18)15-27/h3-5,7-10,13,16H,6,11-12,14-15H2,1-2H3,(H2,24,25,26). The highest BCUT2D eigenvalue weighted by molar-refractivity contribution is 6.30. The molecule has 0 radical (unpaired) electrons. The number of rotatable bonds is 6. The molecular weight excluding hydrogens is 372 g/mol. The molecule has 0 saturated carbocycles. The van der Waals surface area contributed by atoms with Crippen molar-refractivity contribution >= 4 is 23.5 Å². The Morgan fingerprint density at radius 3 is 2.54 bits per heavy atom. The first-order valence-corrected chi connectivity index (χ1v) is 10.0. The largest absolute Gasteiger partial charge is 0.356 e. The molecule has 1 atom stereocenters. The molecular formula is C22H27ClN4O. The van der Waals surface area contributed by atoms with Gasteiger partial charge in [-0.1, -0.05) is 48.0 Å². The highest BCUT2D eigenvalue weighted by Gasteiger charge is 2.22. The van der Waals surface area contributed by atoms with Crippen molar-refractivity contribution in [2.45, 2.75) is 38.9 Å². The molecule has 0 aromatic heterocycles. The number of nitrogens with one attached hydrogen (secondary N) is 2. The summed E-state index contributed by atoms with van der Waals surface area (Å²) in [5, 5.41) is 7.35. The summed E-state index contributed by atoms with van der Waals surface area (Å²) in [6.07, 6.45) is 1.29. The van der Waals surface area contributed by atoms with Gasteiger partial charge in [-0.2, -0.15) is 0 Å². The molecule has 2 aromatic rings. The second-order valence-corrected chi connectivity index (χ2v) is 7.48. The number of aliphatic imine (C=N–C) groups is 1. The van der Waals surface area contributed by atoms with Crippen LogP contribution in [0.2, 0.25) is 5.02 Å². The summed E-state index contributed by atoms with van der Waals surface area (Å²) in [7, 11) is 1.74. The Labute approximate surface area is 171 Å². The van der Waals surface area contributed by atoms with E-state index in [9.17, 15) is 4.79 Å². The lowest BCUT2D eigenvalue weighted by Crippen LogP contribution is -2.39. The average Bonchev–Trinajstić information content (AvgIpc) is 3.14. The normalized spacial score (nSPS) is 14.5. The molecule has 0 saturated heterocycles. The molecule has 1 heterocycles. The number of carbonyl (C=O) groups is 1. The molecule has 6 heteroatoms. The Morgan fingerprint density at radius 2 is 1.89 bits per heavy atom.